The maximum atomic E-state index is 13.7. The van der Waals surface area contributed by atoms with E-state index in [-0.39, 0.29) is 9.79 Å². The summed E-state index contributed by atoms with van der Waals surface area (Å²) in [7, 11) is -4.02. The van der Waals surface area contributed by atoms with Crippen molar-refractivity contribution in [2.24, 2.45) is 0 Å². The Morgan fingerprint density at radius 3 is 2.29 bits per heavy atom. The first-order valence-electron chi connectivity index (χ1n) is 8.21. The fraction of sp³-hybridized carbons (Fsp3) is 0. The zero-order chi connectivity index (χ0) is 19.9. The summed E-state index contributed by atoms with van der Waals surface area (Å²) < 4.78 is 40.3. The largest absolute Gasteiger partial charge is 0.255 e. The third kappa shape index (κ3) is 3.37. The summed E-state index contributed by atoms with van der Waals surface area (Å²) in [5.41, 5.74) is 1.66. The van der Waals surface area contributed by atoms with E-state index in [9.17, 15) is 12.8 Å². The number of benzene rings is 3. The van der Waals surface area contributed by atoms with Crippen molar-refractivity contribution in [3.63, 3.8) is 0 Å². The van der Waals surface area contributed by atoms with Crippen LogP contribution < -0.4 is 0 Å². The first kappa shape index (κ1) is 18.9. The number of rotatable bonds is 3. The highest BCUT2D eigenvalue weighted by atomic mass is 35.5. The third-order valence-electron chi connectivity index (χ3n) is 4.33. The Hall–Kier alpha value is -2.47. The number of pyridine rings is 1. The maximum absolute atomic E-state index is 13.7. The lowest BCUT2D eigenvalue weighted by Gasteiger charge is -2.14. The Morgan fingerprint density at radius 1 is 0.857 bits per heavy atom. The van der Waals surface area contributed by atoms with E-state index in [1.165, 1.54) is 24.4 Å². The van der Waals surface area contributed by atoms with Crippen LogP contribution in [0.4, 0.5) is 4.39 Å². The molecular weight excluding hydrogens is 420 g/mol. The van der Waals surface area contributed by atoms with Crippen LogP contribution in [0, 0.1) is 5.82 Å². The van der Waals surface area contributed by atoms with Gasteiger partial charge in [-0.05, 0) is 48.0 Å². The van der Waals surface area contributed by atoms with E-state index in [0.717, 1.165) is 6.07 Å². The second-order valence-corrected chi connectivity index (χ2v) is 8.92. The van der Waals surface area contributed by atoms with Crippen LogP contribution in [-0.4, -0.2) is 13.4 Å². The lowest BCUT2D eigenvalue weighted by molar-refractivity contribution is 0.591. The first-order chi connectivity index (χ1) is 13.4. The average molecular weight is 432 g/mol. The summed E-state index contributed by atoms with van der Waals surface area (Å²) in [4.78, 5) is 4.12. The van der Waals surface area contributed by atoms with Crippen molar-refractivity contribution in [1.82, 2.24) is 4.98 Å². The van der Waals surface area contributed by atoms with Gasteiger partial charge in [0.2, 0.25) is 9.84 Å². The van der Waals surface area contributed by atoms with Crippen LogP contribution in [0.2, 0.25) is 10.0 Å². The fourth-order valence-electron chi connectivity index (χ4n) is 3.03. The second kappa shape index (κ2) is 7.17. The highest BCUT2D eigenvalue weighted by Crippen LogP contribution is 2.37. The van der Waals surface area contributed by atoms with Crippen LogP contribution in [0.3, 0.4) is 0 Å². The van der Waals surface area contributed by atoms with Crippen molar-refractivity contribution < 1.29 is 12.8 Å². The molecule has 140 valence electrons. The molecule has 0 saturated carbocycles. The third-order valence-corrected chi connectivity index (χ3v) is 6.58. The Morgan fingerprint density at radius 2 is 1.57 bits per heavy atom. The van der Waals surface area contributed by atoms with Crippen LogP contribution in [-0.2, 0) is 9.84 Å². The maximum Gasteiger partial charge on any atom is 0.208 e. The van der Waals surface area contributed by atoms with E-state index in [1.54, 1.807) is 42.5 Å². The number of aromatic nitrogens is 1. The summed E-state index contributed by atoms with van der Waals surface area (Å²) in [5.74, 6) is -0.630. The van der Waals surface area contributed by atoms with Crippen LogP contribution in [0.15, 0.2) is 82.7 Å². The van der Waals surface area contributed by atoms with Crippen molar-refractivity contribution in [3.8, 4) is 11.1 Å². The monoisotopic (exact) mass is 431 g/mol. The Bertz CT molecular complexity index is 1310. The molecule has 0 aliphatic carbocycles. The molecule has 3 aromatic carbocycles. The molecule has 0 aliphatic heterocycles. The fourth-order valence-corrected chi connectivity index (χ4v) is 4.79. The van der Waals surface area contributed by atoms with Crippen LogP contribution in [0.5, 0.6) is 0 Å². The quantitative estimate of drug-likeness (QED) is 0.388. The minimum absolute atomic E-state index is 0.0183. The van der Waals surface area contributed by atoms with E-state index >= 15 is 0 Å². The van der Waals surface area contributed by atoms with Gasteiger partial charge in [-0.15, -0.1) is 0 Å². The molecule has 3 nitrogen and oxygen atoms in total. The van der Waals surface area contributed by atoms with Crippen molar-refractivity contribution in [2.75, 3.05) is 0 Å². The molecule has 0 radical (unpaired) electrons. The molecule has 0 spiro atoms. The zero-order valence-electron chi connectivity index (χ0n) is 14.2. The highest BCUT2D eigenvalue weighted by molar-refractivity contribution is 7.91. The minimum atomic E-state index is -4.02. The molecular formula is C21H12Cl2FNO2S. The molecule has 1 aromatic heterocycles. The summed E-state index contributed by atoms with van der Waals surface area (Å²) in [6, 6.07) is 16.8. The molecule has 4 aromatic rings. The summed E-state index contributed by atoms with van der Waals surface area (Å²) in [6.07, 6.45) is 1.28. The van der Waals surface area contributed by atoms with Gasteiger partial charge in [-0.25, -0.2) is 12.8 Å². The summed E-state index contributed by atoms with van der Waals surface area (Å²) >= 11 is 12.1. The van der Waals surface area contributed by atoms with Gasteiger partial charge in [0.25, 0.3) is 0 Å². The van der Waals surface area contributed by atoms with E-state index in [2.05, 4.69) is 4.98 Å². The van der Waals surface area contributed by atoms with E-state index < -0.39 is 15.7 Å². The van der Waals surface area contributed by atoms with E-state index in [4.69, 9.17) is 23.2 Å². The highest BCUT2D eigenvalue weighted by Gasteiger charge is 2.25. The van der Waals surface area contributed by atoms with Gasteiger partial charge in [-0.2, -0.15) is 0 Å². The van der Waals surface area contributed by atoms with Crippen molar-refractivity contribution >= 4 is 43.9 Å². The van der Waals surface area contributed by atoms with Gasteiger partial charge in [0.1, 0.15) is 5.82 Å². The van der Waals surface area contributed by atoms with Gasteiger partial charge < -0.3 is 0 Å². The number of sulfone groups is 1. The molecule has 0 unspecified atom stereocenters. The van der Waals surface area contributed by atoms with Crippen LogP contribution >= 0.6 is 23.2 Å². The zero-order valence-corrected chi connectivity index (χ0v) is 16.6. The van der Waals surface area contributed by atoms with Gasteiger partial charge in [0.05, 0.1) is 15.3 Å². The molecule has 0 bridgehead atoms. The molecule has 28 heavy (non-hydrogen) atoms. The topological polar surface area (TPSA) is 47.0 Å². The predicted molar refractivity (Wildman–Crippen MR) is 109 cm³/mol. The normalized spacial score (nSPS) is 11.7. The van der Waals surface area contributed by atoms with E-state index in [0.29, 0.717) is 32.1 Å². The Labute approximate surface area is 171 Å². The Balaban J connectivity index is 2.07. The van der Waals surface area contributed by atoms with Crippen LogP contribution in [0.1, 0.15) is 0 Å². The minimum Gasteiger partial charge on any atom is -0.255 e. The van der Waals surface area contributed by atoms with Gasteiger partial charge >= 0.3 is 0 Å². The smallest absolute Gasteiger partial charge is 0.208 e. The number of hydrogen-bond donors (Lipinski definition) is 0. The molecule has 4 rings (SSSR count). The molecule has 0 atom stereocenters. The average Bonchev–Trinajstić information content (AvgIpc) is 2.67. The van der Waals surface area contributed by atoms with Crippen molar-refractivity contribution in [3.05, 3.63) is 88.8 Å². The first-order valence-corrected chi connectivity index (χ1v) is 10.4. The number of halogens is 3. The lowest BCUT2D eigenvalue weighted by atomic mass is 10.0. The van der Waals surface area contributed by atoms with Gasteiger partial charge in [-0.1, -0.05) is 47.5 Å². The van der Waals surface area contributed by atoms with Gasteiger partial charge in [-0.3, -0.25) is 4.98 Å². The number of nitrogens with zero attached hydrogens (tertiary/aromatic N) is 1. The molecule has 1 heterocycles. The van der Waals surface area contributed by atoms with Crippen molar-refractivity contribution in [2.45, 2.75) is 9.79 Å². The SMILES string of the molecule is O=S(=O)(c1cccc(F)c1)c1cnc2cc(Cl)ccc2c1-c1ccc(Cl)cc1. The predicted octanol–water partition coefficient (Wildman–Crippen LogP) is 6.18. The van der Waals surface area contributed by atoms with Gasteiger partial charge in [0, 0.05) is 27.2 Å². The summed E-state index contributed by atoms with van der Waals surface area (Å²) in [5, 5.41) is 1.63. The summed E-state index contributed by atoms with van der Waals surface area (Å²) in [6.45, 7) is 0. The number of fused-ring (bicyclic) bond motifs is 1. The molecule has 7 heteroatoms. The molecule has 0 amide bonds. The molecule has 0 fully saturated rings. The number of hydrogen-bond acceptors (Lipinski definition) is 3. The second-order valence-electron chi connectivity index (χ2n) is 6.13. The lowest BCUT2D eigenvalue weighted by Crippen LogP contribution is -2.06. The van der Waals surface area contributed by atoms with Crippen molar-refractivity contribution in [1.29, 1.82) is 0 Å². The standard InChI is InChI=1S/C21H12Cl2FNO2S/c22-14-6-4-13(5-7-14)21-18-9-8-15(23)10-19(18)25-12-20(21)28(26,27)17-3-1-2-16(24)11-17/h1-12H. The molecule has 0 saturated heterocycles. The van der Waals surface area contributed by atoms with Crippen LogP contribution in [0.25, 0.3) is 22.0 Å². The Kier molecular flexibility index (Phi) is 4.83. The van der Waals surface area contributed by atoms with E-state index in [1.807, 2.05) is 0 Å². The van der Waals surface area contributed by atoms with Gasteiger partial charge in [0.15, 0.2) is 0 Å². The molecule has 0 aliphatic rings. The molecule has 0 N–H and O–H groups in total.